The molecule has 0 amide bonds. The lowest BCUT2D eigenvalue weighted by atomic mass is 10.0. The van der Waals surface area contributed by atoms with Gasteiger partial charge in [-0.15, -0.1) is 0 Å². The van der Waals surface area contributed by atoms with Gasteiger partial charge in [0.2, 0.25) is 0 Å². The molecule has 0 radical (unpaired) electrons. The number of benzene rings is 2. The van der Waals surface area contributed by atoms with E-state index in [2.05, 4.69) is 5.16 Å². The highest BCUT2D eigenvalue weighted by Gasteiger charge is 2.22. The summed E-state index contributed by atoms with van der Waals surface area (Å²) in [5, 5.41) is 14.9. The van der Waals surface area contributed by atoms with E-state index in [4.69, 9.17) is 37.2 Å². The zero-order valence-corrected chi connectivity index (χ0v) is 15.1. The topological polar surface area (TPSA) is 64.7 Å². The molecule has 7 heteroatoms. The van der Waals surface area contributed by atoms with Crippen molar-refractivity contribution >= 4 is 23.2 Å². The van der Waals surface area contributed by atoms with Crippen molar-refractivity contribution in [1.29, 1.82) is 0 Å². The molecule has 130 valence electrons. The number of halogens is 2. The number of aliphatic hydroxyl groups excluding tert-OH is 1. The van der Waals surface area contributed by atoms with Gasteiger partial charge < -0.3 is 19.1 Å². The average Bonchev–Trinajstić information content (AvgIpc) is 3.04. The Kier molecular flexibility index (Phi) is 5.18. The molecule has 0 spiro atoms. The minimum atomic E-state index is -0.275. The lowest BCUT2D eigenvalue weighted by Crippen LogP contribution is -1.94. The van der Waals surface area contributed by atoms with Gasteiger partial charge in [-0.1, -0.05) is 28.4 Å². The molecule has 0 fully saturated rings. The van der Waals surface area contributed by atoms with Crippen LogP contribution in [0.15, 0.2) is 40.9 Å². The summed E-state index contributed by atoms with van der Waals surface area (Å²) in [5.41, 5.74) is 2.25. The number of methoxy groups -OCH3 is 2. The van der Waals surface area contributed by atoms with E-state index in [1.54, 1.807) is 50.6 Å². The Labute approximate surface area is 154 Å². The van der Waals surface area contributed by atoms with E-state index < -0.39 is 0 Å². The minimum Gasteiger partial charge on any atom is -0.497 e. The normalized spacial score (nSPS) is 10.8. The second-order valence-electron chi connectivity index (χ2n) is 5.19. The first-order chi connectivity index (χ1) is 12.1. The van der Waals surface area contributed by atoms with Gasteiger partial charge in [-0.3, -0.25) is 0 Å². The lowest BCUT2D eigenvalue weighted by molar-refractivity contribution is 0.281. The zero-order valence-electron chi connectivity index (χ0n) is 13.5. The fourth-order valence-electron chi connectivity index (χ4n) is 2.55. The highest BCUT2D eigenvalue weighted by molar-refractivity contribution is 6.36. The van der Waals surface area contributed by atoms with Crippen LogP contribution in [0, 0.1) is 0 Å². The molecule has 0 saturated carbocycles. The van der Waals surface area contributed by atoms with Gasteiger partial charge in [0.1, 0.15) is 17.2 Å². The van der Waals surface area contributed by atoms with Crippen LogP contribution in [0.3, 0.4) is 0 Å². The van der Waals surface area contributed by atoms with Crippen molar-refractivity contribution in [2.75, 3.05) is 14.2 Å². The monoisotopic (exact) mass is 379 g/mol. The third-order valence-corrected chi connectivity index (χ3v) is 4.33. The van der Waals surface area contributed by atoms with Gasteiger partial charge in [0.05, 0.1) is 31.4 Å². The SMILES string of the molecule is COc1ccc(-c2noc(-c3ccc(Cl)cc3Cl)c2CO)c(OC)c1. The Morgan fingerprint density at radius 3 is 2.44 bits per heavy atom. The molecule has 25 heavy (non-hydrogen) atoms. The zero-order chi connectivity index (χ0) is 18.0. The van der Waals surface area contributed by atoms with Gasteiger partial charge in [0, 0.05) is 22.2 Å². The van der Waals surface area contributed by atoms with Crippen molar-refractivity contribution in [1.82, 2.24) is 5.16 Å². The number of hydrogen-bond acceptors (Lipinski definition) is 5. The number of hydrogen-bond donors (Lipinski definition) is 1. The van der Waals surface area contributed by atoms with Gasteiger partial charge in [-0.2, -0.15) is 0 Å². The Balaban J connectivity index is 2.15. The second-order valence-corrected chi connectivity index (χ2v) is 6.03. The van der Waals surface area contributed by atoms with Crippen molar-refractivity contribution in [2.45, 2.75) is 6.61 Å². The number of rotatable bonds is 5. The van der Waals surface area contributed by atoms with Gasteiger partial charge >= 0.3 is 0 Å². The first-order valence-electron chi connectivity index (χ1n) is 7.36. The summed E-state index contributed by atoms with van der Waals surface area (Å²) in [4.78, 5) is 0. The lowest BCUT2D eigenvalue weighted by Gasteiger charge is -2.09. The quantitative estimate of drug-likeness (QED) is 0.687. The first-order valence-corrected chi connectivity index (χ1v) is 8.11. The summed E-state index contributed by atoms with van der Waals surface area (Å²) < 4.78 is 16.1. The van der Waals surface area contributed by atoms with Crippen LogP contribution in [0.25, 0.3) is 22.6 Å². The molecule has 5 nitrogen and oxygen atoms in total. The van der Waals surface area contributed by atoms with E-state index in [1.165, 1.54) is 0 Å². The number of aliphatic hydroxyl groups is 1. The van der Waals surface area contributed by atoms with Crippen LogP contribution in [0.4, 0.5) is 0 Å². The Morgan fingerprint density at radius 2 is 1.80 bits per heavy atom. The van der Waals surface area contributed by atoms with Gasteiger partial charge in [0.15, 0.2) is 5.76 Å². The average molecular weight is 380 g/mol. The molecule has 0 aliphatic heterocycles. The molecular weight excluding hydrogens is 365 g/mol. The van der Waals surface area contributed by atoms with E-state index in [-0.39, 0.29) is 6.61 Å². The largest absolute Gasteiger partial charge is 0.497 e. The van der Waals surface area contributed by atoms with Gasteiger partial charge in [-0.05, 0) is 30.3 Å². The van der Waals surface area contributed by atoms with Crippen LogP contribution in [0.2, 0.25) is 10.0 Å². The third-order valence-electron chi connectivity index (χ3n) is 3.79. The fourth-order valence-corrected chi connectivity index (χ4v) is 3.04. The van der Waals surface area contributed by atoms with Crippen molar-refractivity contribution in [3.05, 3.63) is 52.0 Å². The molecule has 0 atom stereocenters. The van der Waals surface area contributed by atoms with Crippen LogP contribution in [-0.4, -0.2) is 24.5 Å². The van der Waals surface area contributed by atoms with Crippen molar-refractivity contribution in [3.63, 3.8) is 0 Å². The maximum absolute atomic E-state index is 9.89. The summed E-state index contributed by atoms with van der Waals surface area (Å²) in [6.07, 6.45) is 0. The van der Waals surface area contributed by atoms with Crippen LogP contribution in [0.1, 0.15) is 5.56 Å². The minimum absolute atomic E-state index is 0.275. The van der Waals surface area contributed by atoms with Crippen LogP contribution < -0.4 is 9.47 Å². The van der Waals surface area contributed by atoms with Crippen LogP contribution in [-0.2, 0) is 6.61 Å². The highest BCUT2D eigenvalue weighted by atomic mass is 35.5. The van der Waals surface area contributed by atoms with E-state index in [1.807, 2.05) is 0 Å². The predicted octanol–water partition coefficient (Wildman–Crippen LogP) is 4.82. The number of aromatic nitrogens is 1. The Bertz CT molecular complexity index is 908. The van der Waals surface area contributed by atoms with Crippen LogP contribution in [0.5, 0.6) is 11.5 Å². The van der Waals surface area contributed by atoms with Gasteiger partial charge in [-0.25, -0.2) is 0 Å². The molecule has 1 heterocycles. The molecule has 3 aromatic rings. The van der Waals surface area contributed by atoms with Crippen molar-refractivity contribution < 1.29 is 19.1 Å². The number of nitrogens with zero attached hydrogens (tertiary/aromatic N) is 1. The van der Waals surface area contributed by atoms with E-state index in [9.17, 15) is 5.11 Å². The molecule has 1 N–H and O–H groups in total. The Hall–Kier alpha value is -2.21. The summed E-state index contributed by atoms with van der Waals surface area (Å²) in [6.45, 7) is -0.275. The molecule has 0 bridgehead atoms. The number of ether oxygens (including phenoxy) is 2. The maximum atomic E-state index is 9.89. The van der Waals surface area contributed by atoms with Gasteiger partial charge in [0.25, 0.3) is 0 Å². The smallest absolute Gasteiger partial charge is 0.174 e. The summed E-state index contributed by atoms with van der Waals surface area (Å²) in [7, 11) is 3.12. The molecule has 2 aromatic carbocycles. The van der Waals surface area contributed by atoms with E-state index >= 15 is 0 Å². The molecule has 1 aromatic heterocycles. The molecule has 0 saturated heterocycles. The van der Waals surface area contributed by atoms with Crippen molar-refractivity contribution in [3.8, 4) is 34.1 Å². The summed E-state index contributed by atoms with van der Waals surface area (Å²) in [5.74, 6) is 1.59. The summed E-state index contributed by atoms with van der Waals surface area (Å²) >= 11 is 12.2. The molecule has 3 rings (SSSR count). The molecule has 0 aliphatic carbocycles. The van der Waals surface area contributed by atoms with E-state index in [0.29, 0.717) is 49.7 Å². The summed E-state index contributed by atoms with van der Waals surface area (Å²) in [6, 6.07) is 10.3. The maximum Gasteiger partial charge on any atom is 0.174 e. The molecular formula is C18H15Cl2NO4. The predicted molar refractivity (Wildman–Crippen MR) is 96.4 cm³/mol. The van der Waals surface area contributed by atoms with E-state index in [0.717, 1.165) is 0 Å². The second kappa shape index (κ2) is 7.35. The van der Waals surface area contributed by atoms with Crippen LogP contribution >= 0.6 is 23.2 Å². The molecule has 0 unspecified atom stereocenters. The highest BCUT2D eigenvalue weighted by Crippen LogP contribution is 2.40. The standard InChI is InChI=1S/C18H15Cl2NO4/c1-23-11-4-6-13(16(8-11)24-2)17-14(9-22)18(25-21-17)12-5-3-10(19)7-15(12)20/h3-8,22H,9H2,1-2H3. The molecule has 0 aliphatic rings. The third kappa shape index (κ3) is 3.31. The Morgan fingerprint density at radius 1 is 1.04 bits per heavy atom. The van der Waals surface area contributed by atoms with Crippen molar-refractivity contribution in [2.24, 2.45) is 0 Å². The first kappa shape index (κ1) is 17.6. The fraction of sp³-hybridized carbons (Fsp3) is 0.167.